The lowest BCUT2D eigenvalue weighted by atomic mass is 10.3. The molecule has 134 valence electrons. The standard InChI is InChI=1S/C15H14Cl2N2O5S/c1-7(20)18-11(15(23)24)6-25-12-5-13(21)19(14(12)22)10-3-8(16)2-9(17)4-10/h2-4,11-12H,5-6H2,1H3,(H,18,20)(H,23,24)/t11-,12?/m0/s1. The largest absolute Gasteiger partial charge is 0.480 e. The zero-order valence-corrected chi connectivity index (χ0v) is 15.3. The van der Waals surface area contributed by atoms with Crippen molar-refractivity contribution in [3.8, 4) is 0 Å². The molecule has 1 aliphatic rings. The van der Waals surface area contributed by atoms with E-state index < -0.39 is 35.0 Å². The predicted octanol–water partition coefficient (Wildman–Crippen LogP) is 1.95. The Morgan fingerprint density at radius 2 is 1.92 bits per heavy atom. The average molecular weight is 405 g/mol. The number of halogens is 2. The molecule has 1 aromatic carbocycles. The molecule has 0 radical (unpaired) electrons. The van der Waals surface area contributed by atoms with Crippen LogP contribution >= 0.6 is 35.0 Å². The van der Waals surface area contributed by atoms with Gasteiger partial charge in [0.2, 0.25) is 17.7 Å². The predicted molar refractivity (Wildman–Crippen MR) is 95.1 cm³/mol. The molecule has 1 heterocycles. The van der Waals surface area contributed by atoms with Crippen molar-refractivity contribution >= 4 is 64.3 Å². The first-order valence-electron chi connectivity index (χ1n) is 7.13. The molecule has 25 heavy (non-hydrogen) atoms. The molecule has 1 aromatic rings. The lowest BCUT2D eigenvalue weighted by molar-refractivity contribution is -0.140. The SMILES string of the molecule is CC(=O)N[C@@H](CSC1CC(=O)N(c2cc(Cl)cc(Cl)c2)C1=O)C(=O)O. The molecular weight excluding hydrogens is 391 g/mol. The fourth-order valence-electron chi connectivity index (χ4n) is 2.31. The van der Waals surface area contributed by atoms with Crippen LogP contribution < -0.4 is 10.2 Å². The summed E-state index contributed by atoms with van der Waals surface area (Å²) < 4.78 is 0. The van der Waals surface area contributed by atoms with Gasteiger partial charge in [0.15, 0.2) is 0 Å². The van der Waals surface area contributed by atoms with Gasteiger partial charge in [0, 0.05) is 29.1 Å². The fraction of sp³-hybridized carbons (Fsp3) is 0.333. The van der Waals surface area contributed by atoms with Gasteiger partial charge >= 0.3 is 5.97 Å². The molecule has 1 fully saturated rings. The number of hydrogen-bond donors (Lipinski definition) is 2. The molecule has 3 amide bonds. The molecule has 0 spiro atoms. The van der Waals surface area contributed by atoms with E-state index in [4.69, 9.17) is 28.3 Å². The number of carboxylic acids is 1. The molecular formula is C15H14Cl2N2O5S. The number of benzene rings is 1. The van der Waals surface area contributed by atoms with E-state index in [1.54, 1.807) is 0 Å². The third kappa shape index (κ3) is 4.87. The van der Waals surface area contributed by atoms with E-state index >= 15 is 0 Å². The monoisotopic (exact) mass is 404 g/mol. The van der Waals surface area contributed by atoms with E-state index in [9.17, 15) is 19.2 Å². The Bertz CT molecular complexity index is 722. The van der Waals surface area contributed by atoms with Gasteiger partial charge in [0.1, 0.15) is 6.04 Å². The van der Waals surface area contributed by atoms with Crippen molar-refractivity contribution in [3.63, 3.8) is 0 Å². The number of hydrogen-bond acceptors (Lipinski definition) is 5. The Labute approximate surface area is 157 Å². The maximum Gasteiger partial charge on any atom is 0.327 e. The van der Waals surface area contributed by atoms with E-state index in [-0.39, 0.29) is 27.9 Å². The van der Waals surface area contributed by atoms with Gasteiger partial charge in [-0.25, -0.2) is 9.69 Å². The third-order valence-corrected chi connectivity index (χ3v) is 5.08. The van der Waals surface area contributed by atoms with Gasteiger partial charge in [-0.05, 0) is 18.2 Å². The molecule has 10 heteroatoms. The maximum absolute atomic E-state index is 12.5. The van der Waals surface area contributed by atoms with Gasteiger partial charge < -0.3 is 10.4 Å². The Morgan fingerprint density at radius 1 is 1.32 bits per heavy atom. The number of anilines is 1. The van der Waals surface area contributed by atoms with Crippen LogP contribution in [-0.2, 0) is 19.2 Å². The number of carbonyl (C=O) groups is 4. The minimum atomic E-state index is -1.21. The summed E-state index contributed by atoms with van der Waals surface area (Å²) in [5, 5.41) is 11.2. The van der Waals surface area contributed by atoms with Crippen molar-refractivity contribution in [2.45, 2.75) is 24.6 Å². The van der Waals surface area contributed by atoms with Crippen LogP contribution in [0.3, 0.4) is 0 Å². The fourth-order valence-corrected chi connectivity index (χ4v) is 3.98. The highest BCUT2D eigenvalue weighted by atomic mass is 35.5. The quantitative estimate of drug-likeness (QED) is 0.702. The lowest BCUT2D eigenvalue weighted by Gasteiger charge is -2.17. The summed E-state index contributed by atoms with van der Waals surface area (Å²) >= 11 is 12.8. The van der Waals surface area contributed by atoms with Crippen LogP contribution in [0.4, 0.5) is 5.69 Å². The van der Waals surface area contributed by atoms with E-state index in [0.29, 0.717) is 0 Å². The maximum atomic E-state index is 12.5. The second kappa shape index (κ2) is 8.07. The van der Waals surface area contributed by atoms with Crippen molar-refractivity contribution in [2.24, 2.45) is 0 Å². The second-order valence-corrected chi connectivity index (χ2v) is 7.42. The Balaban J connectivity index is 2.10. The first-order valence-corrected chi connectivity index (χ1v) is 8.94. The summed E-state index contributed by atoms with van der Waals surface area (Å²) in [7, 11) is 0. The van der Waals surface area contributed by atoms with E-state index in [1.807, 2.05) is 0 Å². The van der Waals surface area contributed by atoms with Crippen molar-refractivity contribution in [1.82, 2.24) is 5.32 Å². The van der Waals surface area contributed by atoms with Crippen molar-refractivity contribution in [3.05, 3.63) is 28.2 Å². The van der Waals surface area contributed by atoms with E-state index in [2.05, 4.69) is 5.32 Å². The number of imide groups is 1. The first kappa shape index (κ1) is 19.6. The van der Waals surface area contributed by atoms with E-state index in [1.165, 1.54) is 25.1 Å². The summed E-state index contributed by atoms with van der Waals surface area (Å²) in [6.45, 7) is 1.20. The number of nitrogens with zero attached hydrogens (tertiary/aromatic N) is 1. The van der Waals surface area contributed by atoms with Crippen LogP contribution in [0.1, 0.15) is 13.3 Å². The Kier molecular flexibility index (Phi) is 6.31. The van der Waals surface area contributed by atoms with Gasteiger partial charge in [-0.2, -0.15) is 0 Å². The van der Waals surface area contributed by atoms with Gasteiger partial charge in [0.25, 0.3) is 0 Å². The number of carboxylic acid groups (broad SMARTS) is 1. The first-order chi connectivity index (χ1) is 11.7. The van der Waals surface area contributed by atoms with Crippen LogP contribution in [0.5, 0.6) is 0 Å². The summed E-state index contributed by atoms with van der Waals surface area (Å²) in [5.41, 5.74) is 0.271. The van der Waals surface area contributed by atoms with Crippen molar-refractivity contribution < 1.29 is 24.3 Å². The lowest BCUT2D eigenvalue weighted by Crippen LogP contribution is -2.42. The Morgan fingerprint density at radius 3 is 2.44 bits per heavy atom. The number of amides is 3. The zero-order chi connectivity index (χ0) is 18.7. The molecule has 0 aliphatic carbocycles. The average Bonchev–Trinajstić information content (AvgIpc) is 2.76. The number of carbonyl (C=O) groups excluding carboxylic acids is 3. The molecule has 1 unspecified atom stereocenters. The zero-order valence-electron chi connectivity index (χ0n) is 13.0. The van der Waals surface area contributed by atoms with Gasteiger partial charge in [-0.15, -0.1) is 11.8 Å². The van der Waals surface area contributed by atoms with Crippen LogP contribution in [-0.4, -0.2) is 45.8 Å². The highest BCUT2D eigenvalue weighted by molar-refractivity contribution is 8.00. The third-order valence-electron chi connectivity index (χ3n) is 3.35. The molecule has 1 saturated heterocycles. The molecule has 0 bridgehead atoms. The van der Waals surface area contributed by atoms with Crippen LogP contribution in [0.25, 0.3) is 0 Å². The molecule has 1 aliphatic heterocycles. The molecule has 7 nitrogen and oxygen atoms in total. The van der Waals surface area contributed by atoms with E-state index in [0.717, 1.165) is 16.7 Å². The molecule has 2 rings (SSSR count). The number of aliphatic carboxylic acids is 1. The highest BCUT2D eigenvalue weighted by Gasteiger charge is 2.40. The van der Waals surface area contributed by atoms with Gasteiger partial charge in [-0.1, -0.05) is 23.2 Å². The topological polar surface area (TPSA) is 104 Å². The molecule has 2 atom stereocenters. The van der Waals surface area contributed by atoms with Gasteiger partial charge in [0.05, 0.1) is 10.9 Å². The molecule has 0 saturated carbocycles. The summed E-state index contributed by atoms with van der Waals surface area (Å²) in [6.07, 6.45) is -0.0694. The summed E-state index contributed by atoms with van der Waals surface area (Å²) in [5.74, 6) is -2.63. The number of rotatable bonds is 6. The number of nitrogens with one attached hydrogen (secondary N) is 1. The molecule has 2 N–H and O–H groups in total. The van der Waals surface area contributed by atoms with Crippen LogP contribution in [0.15, 0.2) is 18.2 Å². The van der Waals surface area contributed by atoms with Crippen molar-refractivity contribution in [1.29, 1.82) is 0 Å². The van der Waals surface area contributed by atoms with Crippen molar-refractivity contribution in [2.75, 3.05) is 10.7 Å². The van der Waals surface area contributed by atoms with Gasteiger partial charge in [-0.3, -0.25) is 14.4 Å². The Hall–Kier alpha value is -1.77. The summed E-state index contributed by atoms with van der Waals surface area (Å²) in [6, 6.07) is 3.25. The molecule has 0 aromatic heterocycles. The smallest absolute Gasteiger partial charge is 0.327 e. The number of thioether (sulfide) groups is 1. The second-order valence-electron chi connectivity index (χ2n) is 5.31. The van der Waals surface area contributed by atoms with Crippen LogP contribution in [0, 0.1) is 0 Å². The summed E-state index contributed by atoms with van der Waals surface area (Å²) in [4.78, 5) is 47.9. The van der Waals surface area contributed by atoms with Crippen LogP contribution in [0.2, 0.25) is 10.0 Å². The minimum absolute atomic E-state index is 0.0389. The highest BCUT2D eigenvalue weighted by Crippen LogP contribution is 2.33. The normalized spacial score (nSPS) is 18.4. The minimum Gasteiger partial charge on any atom is -0.480 e.